The molecule has 130 valence electrons. The van der Waals surface area contributed by atoms with Crippen molar-refractivity contribution in [1.29, 1.82) is 0 Å². The molecule has 8 heteroatoms. The monoisotopic (exact) mass is 358 g/mol. The summed E-state index contributed by atoms with van der Waals surface area (Å²) in [5.74, 6) is 1.28. The van der Waals surface area contributed by atoms with Crippen LogP contribution in [0.3, 0.4) is 0 Å². The number of aromatic nitrogens is 3. The summed E-state index contributed by atoms with van der Waals surface area (Å²) in [6, 6.07) is 11.8. The molecule has 0 aliphatic carbocycles. The summed E-state index contributed by atoms with van der Waals surface area (Å²) in [5, 5.41) is 8.40. The number of hydrogen-bond donors (Lipinski definition) is 0. The minimum Gasteiger partial charge on any atom is -0.497 e. The molecule has 0 spiro atoms. The van der Waals surface area contributed by atoms with E-state index in [4.69, 9.17) is 4.74 Å². The standard InChI is InChI=1S/C17H18N4O3S/c1-24-13-7-9-14(10-8-13)25(22,23)21-12-4-5-15(21)17-19-18-16-6-2-3-11-20(16)17/h2-3,6-11,15H,4-5,12H2,1H3. The lowest BCUT2D eigenvalue weighted by atomic mass is 10.2. The van der Waals surface area contributed by atoms with Gasteiger partial charge in [0.15, 0.2) is 11.5 Å². The number of methoxy groups -OCH3 is 1. The Morgan fingerprint density at radius 3 is 2.68 bits per heavy atom. The number of fused-ring (bicyclic) bond motifs is 1. The maximum absolute atomic E-state index is 13.1. The van der Waals surface area contributed by atoms with Gasteiger partial charge in [-0.2, -0.15) is 4.31 Å². The number of hydrogen-bond acceptors (Lipinski definition) is 5. The second-order valence-electron chi connectivity index (χ2n) is 5.94. The van der Waals surface area contributed by atoms with Gasteiger partial charge in [0.2, 0.25) is 10.0 Å². The molecule has 0 N–H and O–H groups in total. The van der Waals surface area contributed by atoms with Crippen molar-refractivity contribution >= 4 is 15.7 Å². The van der Waals surface area contributed by atoms with E-state index in [-0.39, 0.29) is 10.9 Å². The van der Waals surface area contributed by atoms with Crippen LogP contribution in [0.5, 0.6) is 5.75 Å². The van der Waals surface area contributed by atoms with Crippen LogP contribution in [0, 0.1) is 0 Å². The molecule has 1 saturated heterocycles. The molecular weight excluding hydrogens is 340 g/mol. The Balaban J connectivity index is 1.73. The van der Waals surface area contributed by atoms with E-state index in [0.717, 1.165) is 12.8 Å². The first-order valence-electron chi connectivity index (χ1n) is 8.07. The first-order chi connectivity index (χ1) is 12.1. The van der Waals surface area contributed by atoms with Crippen molar-refractivity contribution in [1.82, 2.24) is 18.9 Å². The fourth-order valence-electron chi connectivity index (χ4n) is 3.26. The summed E-state index contributed by atoms with van der Waals surface area (Å²) in [6.07, 6.45) is 3.38. The van der Waals surface area contributed by atoms with Crippen molar-refractivity contribution in [2.45, 2.75) is 23.8 Å². The topological polar surface area (TPSA) is 76.8 Å². The first kappa shape index (κ1) is 16.0. The van der Waals surface area contributed by atoms with Crippen LogP contribution < -0.4 is 4.74 Å². The minimum atomic E-state index is -3.61. The van der Waals surface area contributed by atoms with Gasteiger partial charge in [0.05, 0.1) is 18.0 Å². The molecule has 1 aromatic carbocycles. The molecule has 7 nitrogen and oxygen atoms in total. The Kier molecular flexibility index (Phi) is 3.93. The number of rotatable bonds is 4. The summed E-state index contributed by atoms with van der Waals surface area (Å²) >= 11 is 0. The lowest BCUT2D eigenvalue weighted by Gasteiger charge is -2.23. The average Bonchev–Trinajstić information content (AvgIpc) is 3.28. The summed E-state index contributed by atoms with van der Waals surface area (Å²) in [5.41, 5.74) is 0.714. The van der Waals surface area contributed by atoms with E-state index < -0.39 is 10.0 Å². The van der Waals surface area contributed by atoms with E-state index in [1.807, 2.05) is 28.8 Å². The van der Waals surface area contributed by atoms with E-state index in [1.54, 1.807) is 31.4 Å². The van der Waals surface area contributed by atoms with Crippen molar-refractivity contribution in [3.8, 4) is 5.75 Å². The Morgan fingerprint density at radius 1 is 1.12 bits per heavy atom. The summed E-state index contributed by atoms with van der Waals surface area (Å²) < 4.78 is 34.7. The van der Waals surface area contributed by atoms with Crippen LogP contribution in [0.4, 0.5) is 0 Å². The predicted molar refractivity (Wildman–Crippen MR) is 91.8 cm³/mol. The second kappa shape index (κ2) is 6.12. The molecule has 0 radical (unpaired) electrons. The zero-order chi connectivity index (χ0) is 17.4. The molecule has 0 amide bonds. The molecule has 1 unspecified atom stereocenters. The summed E-state index contributed by atoms with van der Waals surface area (Å²) in [6.45, 7) is 0.473. The highest BCUT2D eigenvalue weighted by Gasteiger charge is 2.38. The van der Waals surface area contributed by atoms with Crippen molar-refractivity contribution < 1.29 is 13.2 Å². The quantitative estimate of drug-likeness (QED) is 0.715. The predicted octanol–water partition coefficient (Wildman–Crippen LogP) is 2.26. The van der Waals surface area contributed by atoms with Crippen LogP contribution in [-0.2, 0) is 10.0 Å². The van der Waals surface area contributed by atoms with Crippen molar-refractivity contribution in [3.63, 3.8) is 0 Å². The lowest BCUT2D eigenvalue weighted by molar-refractivity contribution is 0.381. The van der Waals surface area contributed by atoms with Crippen LogP contribution in [0.15, 0.2) is 53.6 Å². The molecule has 1 fully saturated rings. The van der Waals surface area contributed by atoms with Crippen molar-refractivity contribution in [2.75, 3.05) is 13.7 Å². The van der Waals surface area contributed by atoms with Gasteiger partial charge in [0.1, 0.15) is 5.75 Å². The second-order valence-corrected chi connectivity index (χ2v) is 7.83. The van der Waals surface area contributed by atoms with E-state index in [9.17, 15) is 8.42 Å². The number of benzene rings is 1. The molecule has 1 aliphatic rings. The summed E-state index contributed by atoms with van der Waals surface area (Å²) in [4.78, 5) is 0.258. The van der Waals surface area contributed by atoms with Crippen molar-refractivity contribution in [3.05, 3.63) is 54.5 Å². The van der Waals surface area contributed by atoms with Gasteiger partial charge >= 0.3 is 0 Å². The third kappa shape index (κ3) is 2.67. The molecule has 0 saturated carbocycles. The maximum Gasteiger partial charge on any atom is 0.243 e. The molecule has 4 rings (SSSR count). The van der Waals surface area contributed by atoms with Crippen LogP contribution in [0.25, 0.3) is 5.65 Å². The van der Waals surface area contributed by atoms with Gasteiger partial charge < -0.3 is 4.74 Å². The maximum atomic E-state index is 13.1. The zero-order valence-electron chi connectivity index (χ0n) is 13.7. The van der Waals surface area contributed by atoms with Gasteiger partial charge in [-0.1, -0.05) is 6.07 Å². The normalized spacial score (nSPS) is 18.7. The molecule has 3 heterocycles. The van der Waals surface area contributed by atoms with E-state index in [2.05, 4.69) is 10.2 Å². The fourth-order valence-corrected chi connectivity index (χ4v) is 4.91. The highest BCUT2D eigenvalue weighted by molar-refractivity contribution is 7.89. The average molecular weight is 358 g/mol. The van der Waals surface area contributed by atoms with Gasteiger partial charge in [0.25, 0.3) is 0 Å². The SMILES string of the molecule is COc1ccc(S(=O)(=O)N2CCCC2c2nnc3ccccn23)cc1. The van der Waals surface area contributed by atoms with Gasteiger partial charge in [0, 0.05) is 12.7 Å². The smallest absolute Gasteiger partial charge is 0.243 e. The zero-order valence-corrected chi connectivity index (χ0v) is 14.6. The number of pyridine rings is 1. The third-order valence-electron chi connectivity index (χ3n) is 4.51. The molecule has 3 aromatic rings. The van der Waals surface area contributed by atoms with Gasteiger partial charge in [-0.05, 0) is 49.2 Å². The molecule has 2 aromatic heterocycles. The van der Waals surface area contributed by atoms with Crippen molar-refractivity contribution in [2.24, 2.45) is 0 Å². The van der Waals surface area contributed by atoms with Crippen LogP contribution in [0.1, 0.15) is 24.7 Å². The van der Waals surface area contributed by atoms with E-state index in [0.29, 0.717) is 23.8 Å². The van der Waals surface area contributed by atoms with Gasteiger partial charge in [-0.15, -0.1) is 10.2 Å². The molecule has 1 atom stereocenters. The number of nitrogens with zero attached hydrogens (tertiary/aromatic N) is 4. The number of ether oxygens (including phenoxy) is 1. The van der Waals surface area contributed by atoms with Gasteiger partial charge in [-0.3, -0.25) is 4.40 Å². The van der Waals surface area contributed by atoms with Crippen LogP contribution >= 0.6 is 0 Å². The van der Waals surface area contributed by atoms with E-state index in [1.165, 1.54) is 4.31 Å². The molecule has 0 bridgehead atoms. The first-order valence-corrected chi connectivity index (χ1v) is 9.51. The van der Waals surface area contributed by atoms with Crippen LogP contribution in [-0.4, -0.2) is 41.0 Å². The van der Waals surface area contributed by atoms with Gasteiger partial charge in [-0.25, -0.2) is 8.42 Å². The Morgan fingerprint density at radius 2 is 1.92 bits per heavy atom. The fraction of sp³-hybridized carbons (Fsp3) is 0.294. The minimum absolute atomic E-state index is 0.258. The Hall–Kier alpha value is -2.45. The third-order valence-corrected chi connectivity index (χ3v) is 6.43. The molecular formula is C17H18N4O3S. The highest BCUT2D eigenvalue weighted by Crippen LogP contribution is 2.36. The molecule has 25 heavy (non-hydrogen) atoms. The molecule has 1 aliphatic heterocycles. The van der Waals surface area contributed by atoms with E-state index >= 15 is 0 Å². The highest BCUT2D eigenvalue weighted by atomic mass is 32.2. The summed E-state index contributed by atoms with van der Waals surface area (Å²) in [7, 11) is -2.06. The Bertz CT molecular complexity index is 998. The lowest BCUT2D eigenvalue weighted by Crippen LogP contribution is -2.31. The largest absolute Gasteiger partial charge is 0.497 e. The number of sulfonamides is 1. The van der Waals surface area contributed by atoms with Crippen LogP contribution in [0.2, 0.25) is 0 Å². The Labute approximate surface area is 145 Å².